The van der Waals surface area contributed by atoms with Crippen LogP contribution in [0.15, 0.2) is 21.8 Å². The first-order valence-electron chi connectivity index (χ1n) is 4.10. The van der Waals surface area contributed by atoms with Gasteiger partial charge in [-0.1, -0.05) is 21.1 Å². The maximum atomic E-state index is 13.4. The van der Waals surface area contributed by atoms with Crippen molar-refractivity contribution < 1.29 is 19.1 Å². The fraction of sp³-hybridized carbons (Fsp3) is 0.111. The van der Waals surface area contributed by atoms with E-state index < -0.39 is 11.7 Å². The minimum Gasteiger partial charge on any atom is -0.492 e. The SMILES string of the molecule is COc1c(F)cc(Br)cc1NC(=O)/C=N/O. The molecule has 1 aromatic carbocycles. The largest absolute Gasteiger partial charge is 0.492 e. The zero-order chi connectivity index (χ0) is 12.1. The van der Waals surface area contributed by atoms with Crippen molar-refractivity contribution >= 4 is 33.7 Å². The summed E-state index contributed by atoms with van der Waals surface area (Å²) in [6.45, 7) is 0. The minimum absolute atomic E-state index is 0.0945. The molecule has 1 amide bonds. The summed E-state index contributed by atoms with van der Waals surface area (Å²) in [7, 11) is 1.28. The highest BCUT2D eigenvalue weighted by molar-refractivity contribution is 9.10. The van der Waals surface area contributed by atoms with Gasteiger partial charge in [-0.05, 0) is 12.1 Å². The van der Waals surface area contributed by atoms with Crippen molar-refractivity contribution in [2.75, 3.05) is 12.4 Å². The van der Waals surface area contributed by atoms with Crippen LogP contribution in [0.5, 0.6) is 5.75 Å². The van der Waals surface area contributed by atoms with Crippen molar-refractivity contribution in [3.05, 3.63) is 22.4 Å². The summed E-state index contributed by atoms with van der Waals surface area (Å²) in [6, 6.07) is 2.67. The van der Waals surface area contributed by atoms with Gasteiger partial charge in [-0.25, -0.2) is 4.39 Å². The predicted molar refractivity (Wildman–Crippen MR) is 59.6 cm³/mol. The van der Waals surface area contributed by atoms with Gasteiger partial charge in [-0.2, -0.15) is 0 Å². The molecule has 0 aromatic heterocycles. The van der Waals surface area contributed by atoms with Crippen LogP contribution in [0, 0.1) is 5.82 Å². The first kappa shape index (κ1) is 12.4. The topological polar surface area (TPSA) is 70.9 Å². The van der Waals surface area contributed by atoms with Crippen molar-refractivity contribution in [2.45, 2.75) is 0 Å². The molecule has 0 radical (unpaired) electrons. The minimum atomic E-state index is -0.696. The molecule has 5 nitrogen and oxygen atoms in total. The molecule has 86 valence electrons. The van der Waals surface area contributed by atoms with E-state index in [1.54, 1.807) is 0 Å². The smallest absolute Gasteiger partial charge is 0.270 e. The zero-order valence-electron chi connectivity index (χ0n) is 8.20. The van der Waals surface area contributed by atoms with Gasteiger partial charge in [-0.3, -0.25) is 4.79 Å². The summed E-state index contributed by atoms with van der Waals surface area (Å²) in [5.41, 5.74) is 0.138. The highest BCUT2D eigenvalue weighted by Gasteiger charge is 2.12. The Labute approximate surface area is 99.0 Å². The molecule has 1 aromatic rings. The Bertz CT molecular complexity index is 437. The molecule has 0 spiro atoms. The van der Waals surface area contributed by atoms with E-state index in [9.17, 15) is 9.18 Å². The normalized spacial score (nSPS) is 10.4. The van der Waals surface area contributed by atoms with Crippen LogP contribution in [-0.2, 0) is 4.79 Å². The summed E-state index contributed by atoms with van der Waals surface area (Å²) < 4.78 is 18.6. The van der Waals surface area contributed by atoms with Crippen molar-refractivity contribution in [2.24, 2.45) is 5.16 Å². The van der Waals surface area contributed by atoms with Gasteiger partial charge in [0.05, 0.1) is 12.8 Å². The number of anilines is 1. The molecule has 7 heteroatoms. The Morgan fingerprint density at radius 2 is 2.38 bits per heavy atom. The average molecular weight is 291 g/mol. The van der Waals surface area contributed by atoms with E-state index in [1.165, 1.54) is 19.2 Å². The van der Waals surface area contributed by atoms with Crippen molar-refractivity contribution in [3.63, 3.8) is 0 Å². The lowest BCUT2D eigenvalue weighted by atomic mass is 10.2. The van der Waals surface area contributed by atoms with E-state index >= 15 is 0 Å². The second-order valence-electron chi connectivity index (χ2n) is 2.70. The van der Waals surface area contributed by atoms with Crippen molar-refractivity contribution in [1.29, 1.82) is 0 Å². The van der Waals surface area contributed by atoms with Crippen molar-refractivity contribution in [3.8, 4) is 5.75 Å². The highest BCUT2D eigenvalue weighted by Crippen LogP contribution is 2.31. The molecule has 0 saturated heterocycles. The third kappa shape index (κ3) is 2.93. The molecule has 0 heterocycles. The Hall–Kier alpha value is -1.63. The number of nitrogens with zero attached hydrogens (tertiary/aromatic N) is 1. The van der Waals surface area contributed by atoms with Crippen LogP contribution in [0.2, 0.25) is 0 Å². The lowest BCUT2D eigenvalue weighted by molar-refractivity contribution is -0.110. The van der Waals surface area contributed by atoms with Gasteiger partial charge in [0.15, 0.2) is 11.6 Å². The fourth-order valence-electron chi connectivity index (χ4n) is 1.08. The number of hydrogen-bond donors (Lipinski definition) is 2. The van der Waals surface area contributed by atoms with Crippen LogP contribution in [0.4, 0.5) is 10.1 Å². The zero-order valence-corrected chi connectivity index (χ0v) is 9.78. The van der Waals surface area contributed by atoms with Gasteiger partial charge < -0.3 is 15.3 Å². The second kappa shape index (κ2) is 5.45. The molecular weight excluding hydrogens is 283 g/mol. The maximum absolute atomic E-state index is 13.4. The third-order valence-electron chi connectivity index (χ3n) is 1.65. The predicted octanol–water partition coefficient (Wildman–Crippen LogP) is 2.00. The molecule has 0 fully saturated rings. The number of benzene rings is 1. The monoisotopic (exact) mass is 290 g/mol. The van der Waals surface area contributed by atoms with Crippen LogP contribution in [0.1, 0.15) is 0 Å². The molecular formula is C9H8BrFN2O3. The highest BCUT2D eigenvalue weighted by atomic mass is 79.9. The first-order chi connectivity index (χ1) is 7.58. The lowest BCUT2D eigenvalue weighted by Gasteiger charge is -2.09. The molecule has 2 N–H and O–H groups in total. The molecule has 0 unspecified atom stereocenters. The fourth-order valence-corrected chi connectivity index (χ4v) is 1.51. The van der Waals surface area contributed by atoms with E-state index in [-0.39, 0.29) is 11.4 Å². The van der Waals surface area contributed by atoms with Crippen LogP contribution >= 0.6 is 15.9 Å². The Morgan fingerprint density at radius 3 is 2.94 bits per heavy atom. The quantitative estimate of drug-likeness (QED) is 0.508. The van der Waals surface area contributed by atoms with Crippen LogP contribution in [0.3, 0.4) is 0 Å². The van der Waals surface area contributed by atoms with Crippen molar-refractivity contribution in [1.82, 2.24) is 0 Å². The lowest BCUT2D eigenvalue weighted by Crippen LogP contribution is -2.13. The van der Waals surface area contributed by atoms with Gasteiger partial charge in [-0.15, -0.1) is 0 Å². The van der Waals surface area contributed by atoms with E-state index in [2.05, 4.69) is 26.4 Å². The Kier molecular flexibility index (Phi) is 4.24. The van der Waals surface area contributed by atoms with Gasteiger partial charge in [0.25, 0.3) is 5.91 Å². The number of halogens is 2. The van der Waals surface area contributed by atoms with Crippen LogP contribution in [-0.4, -0.2) is 24.4 Å². The molecule has 0 aliphatic rings. The number of rotatable bonds is 3. The van der Waals surface area contributed by atoms with Crippen LogP contribution in [0.25, 0.3) is 0 Å². The number of carbonyl (C=O) groups excluding carboxylic acids is 1. The summed E-state index contributed by atoms with van der Waals surface area (Å²) in [5.74, 6) is -1.41. The molecule has 0 bridgehead atoms. The van der Waals surface area contributed by atoms with Gasteiger partial charge in [0.2, 0.25) is 0 Å². The van der Waals surface area contributed by atoms with Gasteiger partial charge in [0.1, 0.15) is 6.21 Å². The molecule has 0 aliphatic carbocycles. The van der Waals surface area contributed by atoms with Crippen LogP contribution < -0.4 is 10.1 Å². The van der Waals surface area contributed by atoms with E-state index in [0.717, 1.165) is 0 Å². The number of hydrogen-bond acceptors (Lipinski definition) is 4. The molecule has 16 heavy (non-hydrogen) atoms. The molecule has 0 saturated carbocycles. The summed E-state index contributed by atoms with van der Waals surface area (Å²) in [5, 5.41) is 13.0. The molecule has 0 atom stereocenters. The summed E-state index contributed by atoms with van der Waals surface area (Å²) >= 11 is 3.08. The molecule has 0 aliphatic heterocycles. The number of ether oxygens (including phenoxy) is 1. The van der Waals surface area contributed by atoms with Gasteiger partial charge in [0, 0.05) is 4.47 Å². The number of carbonyl (C=O) groups is 1. The van der Waals surface area contributed by atoms with E-state index in [4.69, 9.17) is 9.94 Å². The van der Waals surface area contributed by atoms with Gasteiger partial charge >= 0.3 is 0 Å². The first-order valence-corrected chi connectivity index (χ1v) is 4.89. The number of methoxy groups -OCH3 is 1. The Morgan fingerprint density at radius 1 is 1.69 bits per heavy atom. The summed E-state index contributed by atoms with van der Waals surface area (Å²) in [6.07, 6.45) is 0.651. The number of oxime groups is 1. The van der Waals surface area contributed by atoms with E-state index in [0.29, 0.717) is 10.7 Å². The molecule has 1 rings (SSSR count). The number of nitrogens with one attached hydrogen (secondary N) is 1. The third-order valence-corrected chi connectivity index (χ3v) is 2.10. The maximum Gasteiger partial charge on any atom is 0.270 e. The second-order valence-corrected chi connectivity index (χ2v) is 3.62. The summed E-state index contributed by atoms with van der Waals surface area (Å²) in [4.78, 5) is 11.1. The number of amides is 1. The average Bonchev–Trinajstić information content (AvgIpc) is 2.17. The Balaban J connectivity index is 3.07. The van der Waals surface area contributed by atoms with E-state index in [1.807, 2.05) is 0 Å². The standard InChI is InChI=1S/C9H8BrFN2O3/c1-16-9-6(11)2-5(10)3-7(9)13-8(14)4-12-15/h2-4,15H,1H3,(H,13,14)/b12-4+.